The Balaban J connectivity index is 0. The third-order valence-electron chi connectivity index (χ3n) is 10.9. The van der Waals surface area contributed by atoms with Crippen LogP contribution in [0.1, 0.15) is 139 Å². The van der Waals surface area contributed by atoms with Crippen molar-refractivity contribution in [2.45, 2.75) is 116 Å². The fourth-order valence-corrected chi connectivity index (χ4v) is 6.83. The van der Waals surface area contributed by atoms with Gasteiger partial charge in [0.2, 0.25) is 0 Å². The van der Waals surface area contributed by atoms with Crippen LogP contribution < -0.4 is 59.6 Å². The molecule has 5 nitrogen and oxygen atoms in total. The average molecular weight is 1280 g/mol. The predicted octanol–water partition coefficient (Wildman–Crippen LogP) is -2.38. The Morgan fingerprint density at radius 2 is 0.564 bits per heavy atom. The minimum Gasteiger partial charge on any atom is -1.00 e. The van der Waals surface area contributed by atoms with Gasteiger partial charge in [0.1, 0.15) is 0 Å². The van der Waals surface area contributed by atoms with Crippen molar-refractivity contribution in [2.75, 3.05) is 39.6 Å². The standard InChI is InChI=1S/C32H36N2.3C4H8O.4ClH.2Np/c1-29(2)21-11-9-12-22(19-21)30(3,4)27-17-18-28(34-27)32(7,8)24-14-10-13-23(20-24)31(5,6)26-16-15-25(29)33-26;3*1-2-4-5-3-1;;;;;;/h9-20H,1-8H3;3*1-4H2;4*1H;;/q-2;;;;;;;;;/p-4. The number of rotatable bonds is 0. The normalized spacial score (nSPS) is 18.6. The molecule has 4 aliphatic rings. The number of aromatic nitrogens is 2. The minimum atomic E-state index is -0.202. The van der Waals surface area contributed by atoms with E-state index >= 15 is 0 Å². The largest absolute Gasteiger partial charge is 1.00 e. The van der Waals surface area contributed by atoms with E-state index in [0.29, 0.717) is 0 Å². The van der Waals surface area contributed by atoms with Crippen LogP contribution in [0.25, 0.3) is 0 Å². The number of halogens is 4. The Labute approximate surface area is 402 Å². The van der Waals surface area contributed by atoms with Gasteiger partial charge in [-0.15, -0.1) is 22.8 Å². The number of fused-ring (bicyclic) bond motifs is 8. The van der Waals surface area contributed by atoms with Crippen LogP contribution in [0.2, 0.25) is 0 Å². The van der Waals surface area contributed by atoms with Gasteiger partial charge in [-0.3, -0.25) is 0 Å². The van der Waals surface area contributed by atoms with Gasteiger partial charge in [-0.2, -0.15) is 0 Å². The zero-order chi connectivity index (χ0) is 35.1. The van der Waals surface area contributed by atoms with Gasteiger partial charge in [0.15, 0.2) is 0 Å². The molecule has 2 radical (unpaired) electrons. The second kappa shape index (κ2) is 25.6. The van der Waals surface area contributed by atoms with E-state index in [-0.39, 0.29) is 131 Å². The van der Waals surface area contributed by atoms with Crippen LogP contribution in [0.4, 0.5) is 0 Å². The summed E-state index contributed by atoms with van der Waals surface area (Å²) in [6.07, 6.45) is 7.67. The molecule has 0 N–H and O–H groups in total. The van der Waals surface area contributed by atoms with Crippen molar-refractivity contribution < 1.29 is 124 Å². The molecule has 2 aromatic carbocycles. The molecule has 0 spiro atoms. The van der Waals surface area contributed by atoms with Crippen molar-refractivity contribution in [3.63, 3.8) is 0 Å². The monoisotopic (exact) mass is 1280 g/mol. The van der Waals surface area contributed by atoms with Crippen molar-refractivity contribution in [3.8, 4) is 0 Å². The molecule has 6 heterocycles. The molecule has 0 atom stereocenters. The fourth-order valence-electron chi connectivity index (χ4n) is 6.83. The van der Waals surface area contributed by atoms with Crippen LogP contribution in [-0.2, 0) is 35.9 Å². The zero-order valence-corrected chi connectivity index (χ0v) is 44.4. The van der Waals surface area contributed by atoms with Crippen LogP contribution in [0.5, 0.6) is 0 Å². The zero-order valence-electron chi connectivity index (χ0n) is 33.9. The van der Waals surface area contributed by atoms with Crippen molar-refractivity contribution in [1.29, 1.82) is 0 Å². The van der Waals surface area contributed by atoms with E-state index in [2.05, 4.69) is 128 Å². The minimum absolute atomic E-state index is 0. The molecule has 55 heavy (non-hydrogen) atoms. The van der Waals surface area contributed by atoms with Gasteiger partial charge in [-0.25, -0.2) is 0 Å². The van der Waals surface area contributed by atoms with Crippen molar-refractivity contribution in [3.05, 3.63) is 118 Å². The van der Waals surface area contributed by atoms with Gasteiger partial charge in [-0.1, -0.05) is 128 Å². The Hall–Kier alpha value is 0.0660. The summed E-state index contributed by atoms with van der Waals surface area (Å²) < 4.78 is 14.8. The molecule has 3 fully saturated rings. The maximum absolute atomic E-state index is 5.23. The van der Waals surface area contributed by atoms with Crippen LogP contribution in [0.3, 0.4) is 0 Å². The van der Waals surface area contributed by atoms with Crippen molar-refractivity contribution in [1.82, 2.24) is 9.97 Å². The van der Waals surface area contributed by atoms with Crippen molar-refractivity contribution in [2.24, 2.45) is 0 Å². The molecular formula is C44H60Cl4N2Np2O3-6. The maximum Gasteiger partial charge on any atom is 0.0466 e. The summed E-state index contributed by atoms with van der Waals surface area (Å²) in [5.41, 5.74) is 8.76. The van der Waals surface area contributed by atoms with E-state index in [1.165, 1.54) is 60.8 Å². The summed E-state index contributed by atoms with van der Waals surface area (Å²) in [5, 5.41) is 0. The molecule has 0 aliphatic carbocycles. The summed E-state index contributed by atoms with van der Waals surface area (Å²) in [4.78, 5) is 10.5. The summed E-state index contributed by atoms with van der Waals surface area (Å²) in [5.74, 6) is 0. The molecule has 8 rings (SSSR count). The first-order chi connectivity index (χ1) is 23.3. The van der Waals surface area contributed by atoms with Crippen LogP contribution in [0, 0.1) is 59.9 Å². The molecule has 0 saturated carbocycles. The molecule has 8 bridgehead atoms. The van der Waals surface area contributed by atoms with E-state index in [0.717, 1.165) is 62.4 Å². The van der Waals surface area contributed by atoms with Gasteiger partial charge in [0.05, 0.1) is 0 Å². The smallest absolute Gasteiger partial charge is 0.0466 e. The van der Waals surface area contributed by atoms with Crippen LogP contribution >= 0.6 is 0 Å². The number of hydrogen-bond donors (Lipinski definition) is 0. The Kier molecular flexibility index (Phi) is 26.6. The molecule has 4 aliphatic heterocycles. The number of benzene rings is 2. The molecule has 11 heteroatoms. The molecule has 0 amide bonds. The molecule has 4 aromatic rings. The molecule has 3 saturated heterocycles. The van der Waals surface area contributed by atoms with Gasteiger partial charge < -0.3 is 73.8 Å². The second-order valence-electron chi connectivity index (χ2n) is 16.1. The predicted molar refractivity (Wildman–Crippen MR) is 201 cm³/mol. The molecule has 2 aromatic heterocycles. The number of hydrogen-bond acceptors (Lipinski definition) is 3. The Bertz CT molecular complexity index is 1400. The fraction of sp³-hybridized carbons (Fsp3) is 0.545. The first-order valence-electron chi connectivity index (χ1n) is 18.6. The Morgan fingerprint density at radius 3 is 0.727 bits per heavy atom. The summed E-state index contributed by atoms with van der Waals surface area (Å²) >= 11 is 0. The van der Waals surface area contributed by atoms with Gasteiger partial charge in [0.25, 0.3) is 0 Å². The van der Waals surface area contributed by atoms with E-state index < -0.39 is 0 Å². The third-order valence-corrected chi connectivity index (χ3v) is 10.9. The number of ether oxygens (including phenoxy) is 3. The SMILES string of the molecule is C1CCOC1.C1CCOC1.C1CCOC1.CC1(C)c2cccc(c2)C(C)(C)c2ccc([n-]2)C(C)(C)c2cccc(c2)C(C)(C)c2ccc1[n-]2.[Cl-].[Cl-].[Cl-].[Cl-].[Np].[Np]. The maximum atomic E-state index is 5.23. The topological polar surface area (TPSA) is 55.9 Å². The van der Waals surface area contributed by atoms with E-state index in [9.17, 15) is 0 Å². The average Bonchev–Trinajstić information content (AvgIpc) is 3.96. The first kappa shape index (κ1) is 57.2. The van der Waals surface area contributed by atoms with Crippen molar-refractivity contribution >= 4 is 0 Å². The summed E-state index contributed by atoms with van der Waals surface area (Å²) in [6, 6.07) is 26.9. The summed E-state index contributed by atoms with van der Waals surface area (Å²) in [7, 11) is 0. The quantitative estimate of drug-likeness (QED) is 0.198. The molecular weight excluding hydrogens is 1220 g/mol. The third kappa shape index (κ3) is 14.3. The van der Waals surface area contributed by atoms with E-state index in [1.54, 1.807) is 0 Å². The second-order valence-corrected chi connectivity index (χ2v) is 16.1. The van der Waals surface area contributed by atoms with E-state index in [4.69, 9.17) is 24.2 Å². The number of nitrogens with zero attached hydrogens (tertiary/aromatic N) is 2. The molecule has 0 unspecified atom stereocenters. The molecule has 308 valence electrons. The van der Waals surface area contributed by atoms with Crippen LogP contribution in [-0.4, -0.2) is 39.6 Å². The Morgan fingerprint density at radius 1 is 0.364 bits per heavy atom. The van der Waals surface area contributed by atoms with Gasteiger partial charge >= 0.3 is 0 Å². The van der Waals surface area contributed by atoms with Gasteiger partial charge in [0, 0.05) is 99.5 Å². The van der Waals surface area contributed by atoms with Crippen LogP contribution in [0.15, 0.2) is 72.8 Å². The first-order valence-corrected chi connectivity index (χ1v) is 18.6. The van der Waals surface area contributed by atoms with E-state index in [1.807, 2.05) is 0 Å². The summed E-state index contributed by atoms with van der Waals surface area (Å²) in [6.45, 7) is 24.2. The van der Waals surface area contributed by atoms with Gasteiger partial charge in [-0.05, 0) is 82.4 Å².